The van der Waals surface area contributed by atoms with Gasteiger partial charge < -0.3 is 10.4 Å². The van der Waals surface area contributed by atoms with Crippen LogP contribution >= 0.6 is 0 Å². The molecule has 0 saturated heterocycles. The fourth-order valence-corrected chi connectivity index (χ4v) is 1.34. The summed E-state index contributed by atoms with van der Waals surface area (Å²) < 4.78 is 0. The maximum Gasteiger partial charge on any atom is 0.131 e. The van der Waals surface area contributed by atoms with Gasteiger partial charge in [-0.25, -0.2) is 9.97 Å². The number of aromatic nitrogens is 2. The molecule has 0 radical (unpaired) electrons. The molecule has 0 unspecified atom stereocenters. The SMILES string of the molecule is CC(C)c1ncc(NC(C)(C)C)c(CO)n1. The summed E-state index contributed by atoms with van der Waals surface area (Å²) in [4.78, 5) is 8.64. The molecular weight excluding hydrogens is 202 g/mol. The Bertz CT molecular complexity index is 356. The third kappa shape index (κ3) is 3.45. The summed E-state index contributed by atoms with van der Waals surface area (Å²) in [5, 5.41) is 12.6. The molecule has 4 nitrogen and oxygen atoms in total. The van der Waals surface area contributed by atoms with E-state index in [2.05, 4.69) is 36.1 Å². The molecule has 1 aromatic rings. The largest absolute Gasteiger partial charge is 0.390 e. The lowest BCUT2D eigenvalue weighted by Gasteiger charge is -2.23. The Morgan fingerprint density at radius 3 is 2.44 bits per heavy atom. The Morgan fingerprint density at radius 1 is 1.38 bits per heavy atom. The highest BCUT2D eigenvalue weighted by Gasteiger charge is 2.14. The van der Waals surface area contributed by atoms with Gasteiger partial charge in [-0.15, -0.1) is 0 Å². The minimum atomic E-state index is -0.0688. The van der Waals surface area contributed by atoms with Gasteiger partial charge in [0, 0.05) is 11.5 Å². The van der Waals surface area contributed by atoms with Gasteiger partial charge in [-0.1, -0.05) is 13.8 Å². The van der Waals surface area contributed by atoms with Crippen LogP contribution in [0.4, 0.5) is 5.69 Å². The highest BCUT2D eigenvalue weighted by molar-refractivity contribution is 5.47. The summed E-state index contributed by atoms with van der Waals surface area (Å²) in [6, 6.07) is 0. The van der Waals surface area contributed by atoms with E-state index in [9.17, 15) is 5.11 Å². The maximum absolute atomic E-state index is 9.29. The molecule has 0 aliphatic carbocycles. The zero-order valence-corrected chi connectivity index (χ0v) is 10.7. The predicted molar refractivity (Wildman–Crippen MR) is 65.4 cm³/mol. The highest BCUT2D eigenvalue weighted by atomic mass is 16.3. The van der Waals surface area contributed by atoms with E-state index in [4.69, 9.17) is 0 Å². The Hall–Kier alpha value is -1.16. The van der Waals surface area contributed by atoms with Gasteiger partial charge in [-0.3, -0.25) is 0 Å². The van der Waals surface area contributed by atoms with Crippen LogP contribution in [0.2, 0.25) is 0 Å². The van der Waals surface area contributed by atoms with Crippen molar-refractivity contribution < 1.29 is 5.11 Å². The normalized spacial score (nSPS) is 11.9. The van der Waals surface area contributed by atoms with Crippen LogP contribution in [0, 0.1) is 0 Å². The molecule has 0 saturated carbocycles. The lowest BCUT2D eigenvalue weighted by atomic mass is 10.1. The lowest BCUT2D eigenvalue weighted by Crippen LogP contribution is -2.27. The number of aliphatic hydroxyl groups is 1. The molecule has 0 fully saturated rings. The quantitative estimate of drug-likeness (QED) is 0.825. The van der Waals surface area contributed by atoms with Crippen molar-refractivity contribution in [2.75, 3.05) is 5.32 Å². The van der Waals surface area contributed by atoms with E-state index in [0.29, 0.717) is 5.69 Å². The molecule has 0 aliphatic rings. The molecule has 0 spiro atoms. The van der Waals surface area contributed by atoms with Crippen molar-refractivity contribution in [3.8, 4) is 0 Å². The molecule has 16 heavy (non-hydrogen) atoms. The van der Waals surface area contributed by atoms with Crippen LogP contribution in [-0.4, -0.2) is 20.6 Å². The summed E-state index contributed by atoms with van der Waals surface area (Å²) in [5.74, 6) is 1.04. The van der Waals surface area contributed by atoms with Crippen molar-refractivity contribution in [1.82, 2.24) is 9.97 Å². The maximum atomic E-state index is 9.29. The van der Waals surface area contributed by atoms with Gasteiger partial charge in [0.1, 0.15) is 5.82 Å². The minimum absolute atomic E-state index is 0.0629. The third-order valence-corrected chi connectivity index (χ3v) is 2.06. The Morgan fingerprint density at radius 2 is 2.00 bits per heavy atom. The van der Waals surface area contributed by atoms with Crippen LogP contribution in [0.1, 0.15) is 52.1 Å². The van der Waals surface area contributed by atoms with E-state index in [1.807, 2.05) is 13.8 Å². The molecule has 0 atom stereocenters. The number of hydrogen-bond acceptors (Lipinski definition) is 4. The number of aliphatic hydroxyl groups excluding tert-OH is 1. The fraction of sp³-hybridized carbons (Fsp3) is 0.667. The summed E-state index contributed by atoms with van der Waals surface area (Å²) in [6.07, 6.45) is 1.75. The number of nitrogens with zero attached hydrogens (tertiary/aromatic N) is 2. The first-order chi connectivity index (χ1) is 7.33. The molecule has 2 N–H and O–H groups in total. The summed E-state index contributed by atoms with van der Waals surface area (Å²) >= 11 is 0. The molecular formula is C12H21N3O. The molecule has 4 heteroatoms. The Balaban J connectivity index is 3.02. The van der Waals surface area contributed by atoms with E-state index in [0.717, 1.165) is 11.5 Å². The van der Waals surface area contributed by atoms with Crippen molar-refractivity contribution in [3.05, 3.63) is 17.7 Å². The number of hydrogen-bond donors (Lipinski definition) is 2. The smallest absolute Gasteiger partial charge is 0.131 e. The van der Waals surface area contributed by atoms with Gasteiger partial charge in [0.05, 0.1) is 24.2 Å². The highest BCUT2D eigenvalue weighted by Crippen LogP contribution is 2.19. The Kier molecular flexibility index (Phi) is 3.86. The lowest BCUT2D eigenvalue weighted by molar-refractivity contribution is 0.276. The second kappa shape index (κ2) is 4.78. The molecule has 1 heterocycles. The van der Waals surface area contributed by atoms with Crippen molar-refractivity contribution in [2.24, 2.45) is 0 Å². The molecule has 0 amide bonds. The van der Waals surface area contributed by atoms with Crippen LogP contribution in [0.25, 0.3) is 0 Å². The monoisotopic (exact) mass is 223 g/mol. The topological polar surface area (TPSA) is 58.0 Å². The molecule has 0 aliphatic heterocycles. The van der Waals surface area contributed by atoms with E-state index in [1.54, 1.807) is 6.20 Å². The first kappa shape index (κ1) is 12.9. The Labute approximate surface area is 97.1 Å². The van der Waals surface area contributed by atoms with E-state index < -0.39 is 0 Å². The van der Waals surface area contributed by atoms with Gasteiger partial charge in [0.25, 0.3) is 0 Å². The summed E-state index contributed by atoms with van der Waals surface area (Å²) in [6.45, 7) is 10.2. The second-order valence-corrected chi connectivity index (χ2v) is 5.28. The van der Waals surface area contributed by atoms with Crippen molar-refractivity contribution >= 4 is 5.69 Å². The predicted octanol–water partition coefficient (Wildman–Crippen LogP) is 2.30. The van der Waals surface area contributed by atoms with Gasteiger partial charge in [-0.2, -0.15) is 0 Å². The minimum Gasteiger partial charge on any atom is -0.390 e. The fourth-order valence-electron chi connectivity index (χ4n) is 1.34. The van der Waals surface area contributed by atoms with E-state index in [1.165, 1.54) is 0 Å². The standard InChI is InChI=1S/C12H21N3O/c1-8(2)11-13-6-9(10(7-16)14-11)15-12(3,4)5/h6,8,15-16H,7H2,1-5H3. The van der Waals surface area contributed by atoms with Gasteiger partial charge in [-0.05, 0) is 20.8 Å². The average molecular weight is 223 g/mol. The van der Waals surface area contributed by atoms with Crippen LogP contribution in [0.5, 0.6) is 0 Å². The number of nitrogens with one attached hydrogen (secondary N) is 1. The van der Waals surface area contributed by atoms with Gasteiger partial charge in [0.2, 0.25) is 0 Å². The van der Waals surface area contributed by atoms with Gasteiger partial charge in [0.15, 0.2) is 0 Å². The van der Waals surface area contributed by atoms with Crippen LogP contribution < -0.4 is 5.32 Å². The van der Waals surface area contributed by atoms with Crippen LogP contribution in [0.3, 0.4) is 0 Å². The first-order valence-electron chi connectivity index (χ1n) is 5.58. The molecule has 0 aromatic carbocycles. The molecule has 0 bridgehead atoms. The van der Waals surface area contributed by atoms with Crippen molar-refractivity contribution in [2.45, 2.75) is 52.7 Å². The first-order valence-corrected chi connectivity index (χ1v) is 5.58. The second-order valence-electron chi connectivity index (χ2n) is 5.28. The zero-order chi connectivity index (χ0) is 12.3. The van der Waals surface area contributed by atoms with Crippen LogP contribution in [-0.2, 0) is 6.61 Å². The van der Waals surface area contributed by atoms with Gasteiger partial charge >= 0.3 is 0 Å². The van der Waals surface area contributed by atoms with E-state index in [-0.39, 0.29) is 18.1 Å². The molecule has 90 valence electrons. The number of anilines is 1. The summed E-state index contributed by atoms with van der Waals surface area (Å²) in [5.41, 5.74) is 1.40. The van der Waals surface area contributed by atoms with Crippen molar-refractivity contribution in [3.63, 3.8) is 0 Å². The summed E-state index contributed by atoms with van der Waals surface area (Å²) in [7, 11) is 0. The van der Waals surface area contributed by atoms with E-state index >= 15 is 0 Å². The molecule has 1 aromatic heterocycles. The zero-order valence-electron chi connectivity index (χ0n) is 10.7. The number of rotatable bonds is 3. The molecule has 1 rings (SSSR count). The van der Waals surface area contributed by atoms with Crippen molar-refractivity contribution in [1.29, 1.82) is 0 Å². The average Bonchev–Trinajstić information content (AvgIpc) is 2.15. The van der Waals surface area contributed by atoms with Crippen LogP contribution in [0.15, 0.2) is 6.20 Å². The third-order valence-electron chi connectivity index (χ3n) is 2.06.